The van der Waals surface area contributed by atoms with Crippen LogP contribution in [-0.2, 0) is 18.5 Å². The molecule has 0 fully saturated rings. The van der Waals surface area contributed by atoms with Gasteiger partial charge in [-0.25, -0.2) is 4.18 Å². The van der Waals surface area contributed by atoms with Crippen LogP contribution in [0.1, 0.15) is 6.92 Å². The normalized spacial score (nSPS) is 13.3. The molecule has 0 saturated heterocycles. The van der Waals surface area contributed by atoms with E-state index < -0.39 is 17.0 Å². The molecule has 0 rings (SSSR count). The van der Waals surface area contributed by atoms with Crippen LogP contribution in [0.4, 0.5) is 0 Å². The largest absolute Gasteiger partial charge is 0.579 e. The van der Waals surface area contributed by atoms with Gasteiger partial charge in [-0.3, -0.25) is 0 Å². The van der Waals surface area contributed by atoms with Crippen molar-refractivity contribution in [1.29, 1.82) is 0 Å². The predicted octanol–water partition coefficient (Wildman–Crippen LogP) is -0.630. The fraction of sp³-hybridized carbons (Fsp3) is 1.00. The Kier molecular flexibility index (Phi) is 3.21. The minimum atomic E-state index is -4.29. The average Bonchev–Trinajstić information content (AvgIpc) is 1.65. The van der Waals surface area contributed by atoms with E-state index in [9.17, 15) is 17.9 Å². The summed E-state index contributed by atoms with van der Waals surface area (Å²) in [5.41, 5.74) is 0. The lowest BCUT2D eigenvalue weighted by Crippen LogP contribution is -2.05. The van der Waals surface area contributed by atoms with Crippen molar-refractivity contribution < 1.29 is 22.1 Å². The summed E-state index contributed by atoms with van der Waals surface area (Å²) in [6, 6.07) is 0. The Morgan fingerprint density at radius 2 is 2.11 bits per heavy atom. The van der Waals surface area contributed by atoms with Crippen molar-refractivity contribution in [3.63, 3.8) is 0 Å². The van der Waals surface area contributed by atoms with Crippen LogP contribution in [0.25, 0.3) is 0 Å². The van der Waals surface area contributed by atoms with Crippen LogP contribution < -0.4 is 4.89 Å². The fourth-order valence-electron chi connectivity index (χ4n) is 0.192. The second kappa shape index (κ2) is 3.22. The summed E-state index contributed by atoms with van der Waals surface area (Å²) in [7, 11) is -7.79. The minimum absolute atomic E-state index is 0.161. The molecule has 0 bridgehead atoms. The number of rotatable bonds is 3. The summed E-state index contributed by atoms with van der Waals surface area (Å²) in [5, 5.41) is 0. The monoisotopic (exact) mass is 172 g/mol. The Balaban J connectivity index is 4.23. The molecule has 54 valence electrons. The third-order valence-electron chi connectivity index (χ3n) is 0.449. The molecule has 0 N–H and O–H groups in total. The van der Waals surface area contributed by atoms with Crippen molar-refractivity contribution in [2.75, 3.05) is 6.61 Å². The highest BCUT2D eigenvalue weighted by molar-refractivity contribution is 8.41. The first-order valence-electron chi connectivity index (χ1n) is 2.04. The van der Waals surface area contributed by atoms with E-state index in [-0.39, 0.29) is 6.61 Å². The number of hydrogen-bond donors (Lipinski definition) is 0. The van der Waals surface area contributed by atoms with Gasteiger partial charge in [-0.1, -0.05) is 4.57 Å². The molecule has 0 aliphatic rings. The highest BCUT2D eigenvalue weighted by Crippen LogP contribution is 2.19. The van der Waals surface area contributed by atoms with Crippen molar-refractivity contribution in [3.8, 4) is 0 Å². The summed E-state index contributed by atoms with van der Waals surface area (Å²) in [5.74, 6) is 0. The molecular weight excluding hydrogens is 167 g/mol. The molecular formula is C2H5O5PS. The summed E-state index contributed by atoms with van der Waals surface area (Å²) >= 11 is 0. The van der Waals surface area contributed by atoms with E-state index in [1.54, 1.807) is 0 Å². The molecule has 0 spiro atoms. The zero-order valence-electron chi connectivity index (χ0n) is 4.60. The van der Waals surface area contributed by atoms with Gasteiger partial charge >= 0.3 is 17.0 Å². The van der Waals surface area contributed by atoms with Crippen molar-refractivity contribution in [2.24, 2.45) is 0 Å². The first kappa shape index (κ1) is 8.97. The van der Waals surface area contributed by atoms with Gasteiger partial charge in [0, 0.05) is 0 Å². The molecule has 0 heterocycles. The van der Waals surface area contributed by atoms with Crippen LogP contribution in [-0.4, -0.2) is 15.0 Å². The lowest BCUT2D eigenvalue weighted by Gasteiger charge is -1.89. The van der Waals surface area contributed by atoms with Crippen molar-refractivity contribution >= 4 is 17.0 Å². The maximum Gasteiger partial charge on any atom is 0.477 e. The molecule has 1 unspecified atom stereocenters. The van der Waals surface area contributed by atoms with Crippen LogP contribution in [0.5, 0.6) is 0 Å². The van der Waals surface area contributed by atoms with Crippen molar-refractivity contribution in [2.45, 2.75) is 6.92 Å². The Bertz CT molecular complexity index is 193. The minimum Gasteiger partial charge on any atom is -0.579 e. The summed E-state index contributed by atoms with van der Waals surface area (Å²) in [4.78, 5) is 9.74. The van der Waals surface area contributed by atoms with Crippen LogP contribution in [0.15, 0.2) is 0 Å². The molecule has 1 atom stereocenters. The zero-order valence-corrected chi connectivity index (χ0v) is 6.31. The molecule has 5 nitrogen and oxygen atoms in total. The van der Waals surface area contributed by atoms with E-state index in [1.165, 1.54) is 6.92 Å². The lowest BCUT2D eigenvalue weighted by atomic mass is 10.9. The van der Waals surface area contributed by atoms with E-state index >= 15 is 0 Å². The van der Waals surface area contributed by atoms with Crippen LogP contribution >= 0.6 is 7.23 Å². The van der Waals surface area contributed by atoms with Gasteiger partial charge in [0.15, 0.2) is 0 Å². The molecule has 0 aromatic rings. The topological polar surface area (TPSA) is 83.5 Å². The van der Waals surface area contributed by atoms with Crippen LogP contribution in [0.3, 0.4) is 0 Å². The standard InChI is InChI=1S/C2H5O5PS/c1-2-7-9(5,6)8(3)4/h2H2,1H3. The highest BCUT2D eigenvalue weighted by atomic mass is 32.8. The second-order valence-corrected chi connectivity index (χ2v) is 4.83. The molecule has 7 heteroatoms. The van der Waals surface area contributed by atoms with Crippen LogP contribution in [0.2, 0.25) is 0 Å². The van der Waals surface area contributed by atoms with Crippen molar-refractivity contribution in [1.82, 2.24) is 0 Å². The van der Waals surface area contributed by atoms with Crippen LogP contribution in [0, 0.1) is 0 Å². The Labute approximate surface area is 53.4 Å². The maximum atomic E-state index is 10.1. The molecule has 0 aliphatic carbocycles. The highest BCUT2D eigenvalue weighted by Gasteiger charge is 2.25. The first-order valence-corrected chi connectivity index (χ1v) is 5.23. The van der Waals surface area contributed by atoms with Gasteiger partial charge < -0.3 is 4.89 Å². The predicted molar refractivity (Wildman–Crippen MR) is 28.2 cm³/mol. The zero-order chi connectivity index (χ0) is 7.49. The first-order chi connectivity index (χ1) is 4.00. The maximum absolute atomic E-state index is 10.1. The molecule has 0 aromatic heterocycles. The molecule has 0 radical (unpaired) electrons. The fourth-order valence-corrected chi connectivity index (χ4v) is 1.15. The summed E-state index contributed by atoms with van der Waals surface area (Å²) < 4.78 is 33.8. The van der Waals surface area contributed by atoms with E-state index in [2.05, 4.69) is 4.18 Å². The van der Waals surface area contributed by atoms with Crippen molar-refractivity contribution in [3.05, 3.63) is 0 Å². The van der Waals surface area contributed by atoms with Gasteiger partial charge in [0.1, 0.15) is 0 Å². The number of hydrogen-bond acceptors (Lipinski definition) is 5. The Hall–Kier alpha value is -0.0300. The SMILES string of the molecule is CCOS(=O)(=O)[P+](=O)[O-]. The molecule has 0 aliphatic heterocycles. The quantitative estimate of drug-likeness (QED) is 0.529. The molecule has 9 heavy (non-hydrogen) atoms. The third-order valence-corrected chi connectivity index (χ3v) is 2.76. The second-order valence-electron chi connectivity index (χ2n) is 1.06. The average molecular weight is 172 g/mol. The third kappa shape index (κ3) is 2.86. The smallest absolute Gasteiger partial charge is 0.477 e. The molecule has 0 aromatic carbocycles. The Morgan fingerprint density at radius 1 is 1.67 bits per heavy atom. The summed E-state index contributed by atoms with van der Waals surface area (Å²) in [6.07, 6.45) is 0. The summed E-state index contributed by atoms with van der Waals surface area (Å²) in [6.45, 7) is 1.22. The molecule has 0 saturated carbocycles. The lowest BCUT2D eigenvalue weighted by molar-refractivity contribution is -0.159. The van der Waals surface area contributed by atoms with Gasteiger partial charge in [0.2, 0.25) is 0 Å². The van der Waals surface area contributed by atoms with Gasteiger partial charge in [-0.15, -0.1) is 0 Å². The Morgan fingerprint density at radius 3 is 2.22 bits per heavy atom. The van der Waals surface area contributed by atoms with Gasteiger partial charge in [0.25, 0.3) is 0 Å². The van der Waals surface area contributed by atoms with E-state index in [4.69, 9.17) is 0 Å². The van der Waals surface area contributed by atoms with E-state index in [0.29, 0.717) is 0 Å². The van der Waals surface area contributed by atoms with Gasteiger partial charge in [0.05, 0.1) is 6.61 Å². The molecule has 0 amide bonds. The van der Waals surface area contributed by atoms with Gasteiger partial charge in [-0.05, 0) is 6.92 Å². The van der Waals surface area contributed by atoms with Gasteiger partial charge in [-0.2, -0.15) is 8.42 Å². The van der Waals surface area contributed by atoms with E-state index in [0.717, 1.165) is 0 Å². The van der Waals surface area contributed by atoms with E-state index in [1.807, 2.05) is 0 Å².